The Morgan fingerprint density at radius 2 is 2.11 bits per heavy atom. The maximum Gasteiger partial charge on any atom is 0.216 e. The molecule has 44 valence electrons. The maximum atomic E-state index is 5.35. The molecule has 1 rings (SSSR count). The van der Waals surface area contributed by atoms with Crippen LogP contribution in [0.15, 0.2) is 6.20 Å². The van der Waals surface area contributed by atoms with Crippen LogP contribution in [-0.2, 0) is 0 Å². The zero-order valence-electron chi connectivity index (χ0n) is 4.70. The van der Waals surface area contributed by atoms with Crippen LogP contribution in [0.3, 0.4) is 0 Å². The highest BCUT2D eigenvalue weighted by Crippen LogP contribution is 1.92. The molecular formula is C4H5AlN4. The van der Waals surface area contributed by atoms with Gasteiger partial charge in [-0.05, 0) is 4.56 Å². The summed E-state index contributed by atoms with van der Waals surface area (Å²) in [6.07, 6.45) is 1.46. The first kappa shape index (κ1) is 6.33. The Labute approximate surface area is 60.7 Å². The van der Waals surface area contributed by atoms with Crippen LogP contribution in [0.2, 0.25) is 0 Å². The van der Waals surface area contributed by atoms with E-state index in [1.54, 1.807) is 0 Å². The van der Waals surface area contributed by atoms with Gasteiger partial charge in [-0.25, -0.2) is 4.98 Å². The first-order chi connectivity index (χ1) is 4.20. The smallest absolute Gasteiger partial charge is 0.216 e. The molecule has 0 saturated heterocycles. The van der Waals surface area contributed by atoms with Crippen LogP contribution in [0.4, 0.5) is 11.6 Å². The lowest BCUT2D eigenvalue weighted by Gasteiger charge is -1.97. The fourth-order valence-electron chi connectivity index (χ4n) is 0.427. The molecule has 0 amide bonds. The van der Waals surface area contributed by atoms with E-state index in [4.69, 9.17) is 11.5 Å². The summed E-state index contributed by atoms with van der Waals surface area (Å²) in [6, 6.07) is 0. The molecule has 0 aromatic carbocycles. The summed E-state index contributed by atoms with van der Waals surface area (Å²) in [5.41, 5.74) is 10.6. The average Bonchev–Trinajstić information content (AvgIpc) is 1.80. The molecule has 1 heterocycles. The normalized spacial score (nSPS) is 9.33. The lowest BCUT2D eigenvalue weighted by molar-refractivity contribution is 1.26. The van der Waals surface area contributed by atoms with E-state index < -0.39 is 0 Å². The van der Waals surface area contributed by atoms with Gasteiger partial charge in [0.15, 0.2) is 0 Å². The van der Waals surface area contributed by atoms with Crippen LogP contribution in [-0.4, -0.2) is 26.3 Å². The van der Waals surface area contributed by atoms with Crippen LogP contribution in [0.25, 0.3) is 0 Å². The van der Waals surface area contributed by atoms with Crippen LogP contribution in [0, 0.1) is 0 Å². The number of nitrogens with two attached hydrogens (primary N) is 2. The van der Waals surface area contributed by atoms with E-state index in [2.05, 4.69) is 26.3 Å². The summed E-state index contributed by atoms with van der Waals surface area (Å²) in [5.74, 6) is 0.707. The second-order valence-corrected chi connectivity index (χ2v) is 2.11. The number of anilines is 2. The van der Waals surface area contributed by atoms with E-state index in [1.165, 1.54) is 6.20 Å². The molecule has 0 saturated carbocycles. The fourth-order valence-corrected chi connectivity index (χ4v) is 0.566. The minimum atomic E-state index is 0.346. The molecule has 9 heavy (non-hydrogen) atoms. The largest absolute Gasteiger partial charge is 0.383 e. The van der Waals surface area contributed by atoms with Crippen LogP contribution in [0.1, 0.15) is 0 Å². The first-order valence-electron chi connectivity index (χ1n) is 2.33. The van der Waals surface area contributed by atoms with E-state index in [0.717, 1.165) is 0 Å². The molecule has 0 aliphatic heterocycles. The van der Waals surface area contributed by atoms with E-state index in [-0.39, 0.29) is 0 Å². The Hall–Kier alpha value is -0.788. The summed E-state index contributed by atoms with van der Waals surface area (Å²) in [4.78, 5) is 7.57. The molecule has 0 aliphatic carbocycles. The van der Waals surface area contributed by atoms with Gasteiger partial charge in [0.05, 0.1) is 6.20 Å². The van der Waals surface area contributed by atoms with Crippen LogP contribution in [0.5, 0.6) is 0 Å². The summed E-state index contributed by atoms with van der Waals surface area (Å²) in [7, 11) is 0. The molecule has 0 unspecified atom stereocenters. The van der Waals surface area contributed by atoms with Crippen molar-refractivity contribution >= 4 is 32.5 Å². The van der Waals surface area contributed by atoms with Crippen molar-refractivity contribution in [1.29, 1.82) is 0 Å². The maximum absolute atomic E-state index is 5.35. The molecule has 1 aromatic heterocycles. The molecule has 5 heteroatoms. The predicted molar refractivity (Wildman–Crippen MR) is 36.2 cm³/mol. The zero-order valence-corrected chi connectivity index (χ0v) is 5.86. The number of nitrogens with zero attached hydrogens (tertiary/aromatic N) is 2. The van der Waals surface area contributed by atoms with Crippen molar-refractivity contribution in [2.75, 3.05) is 11.5 Å². The Morgan fingerprint density at radius 1 is 1.44 bits per heavy atom. The Morgan fingerprint density at radius 3 is 2.56 bits per heavy atom. The monoisotopic (exact) mass is 136 g/mol. The average molecular weight is 136 g/mol. The minimum Gasteiger partial charge on any atom is -0.383 e. The van der Waals surface area contributed by atoms with Crippen molar-refractivity contribution < 1.29 is 0 Å². The van der Waals surface area contributed by atoms with Crippen molar-refractivity contribution in [3.8, 4) is 0 Å². The van der Waals surface area contributed by atoms with Gasteiger partial charge in [0.25, 0.3) is 0 Å². The van der Waals surface area contributed by atoms with Gasteiger partial charge in [0.1, 0.15) is 11.6 Å². The summed E-state index contributed by atoms with van der Waals surface area (Å²) in [6.45, 7) is 0. The van der Waals surface area contributed by atoms with Crippen molar-refractivity contribution in [2.24, 2.45) is 0 Å². The third-order valence-corrected chi connectivity index (χ3v) is 1.29. The van der Waals surface area contributed by atoms with E-state index in [0.29, 0.717) is 16.2 Å². The lowest BCUT2D eigenvalue weighted by Crippen LogP contribution is -2.16. The standard InChI is InChI=1S/C4H5N4.Al/c5-3-1-7-2-4(6)8-3;/h1H,(H4,5,6,8);. The molecule has 0 spiro atoms. The first-order valence-corrected chi connectivity index (χ1v) is 2.91. The molecule has 0 bridgehead atoms. The Balaban J connectivity index is 3.17. The minimum absolute atomic E-state index is 0.346. The van der Waals surface area contributed by atoms with Gasteiger partial charge in [-0.3, -0.25) is 4.98 Å². The number of hydrogen-bond donors (Lipinski definition) is 2. The van der Waals surface area contributed by atoms with E-state index in [1.807, 2.05) is 0 Å². The Kier molecular flexibility index (Phi) is 1.56. The molecule has 4 N–H and O–H groups in total. The predicted octanol–water partition coefficient (Wildman–Crippen LogP) is -1.57. The molecule has 0 aliphatic rings. The third kappa shape index (κ3) is 1.31. The Bertz CT molecular complexity index is 224. The van der Waals surface area contributed by atoms with Gasteiger partial charge >= 0.3 is 0 Å². The highest BCUT2D eigenvalue weighted by molar-refractivity contribution is 6.33. The van der Waals surface area contributed by atoms with Gasteiger partial charge < -0.3 is 11.5 Å². The molecule has 0 fully saturated rings. The summed E-state index contributed by atoms with van der Waals surface area (Å²) < 4.78 is 0.629. The van der Waals surface area contributed by atoms with Crippen LogP contribution < -0.4 is 16.0 Å². The molecule has 1 aromatic rings. The highest BCUT2D eigenvalue weighted by atomic mass is 27.0. The van der Waals surface area contributed by atoms with Crippen molar-refractivity contribution in [1.82, 2.24) is 9.97 Å². The van der Waals surface area contributed by atoms with Crippen molar-refractivity contribution in [3.05, 3.63) is 6.20 Å². The van der Waals surface area contributed by atoms with Crippen LogP contribution >= 0.6 is 0 Å². The SMILES string of the molecule is Nc1cn[c]([Al])c(N)n1. The third-order valence-electron chi connectivity index (χ3n) is 0.848. The van der Waals surface area contributed by atoms with Gasteiger partial charge in [-0.15, -0.1) is 0 Å². The van der Waals surface area contributed by atoms with Gasteiger partial charge in [0.2, 0.25) is 16.3 Å². The molecule has 0 atom stereocenters. The van der Waals surface area contributed by atoms with Gasteiger partial charge in [0, 0.05) is 0 Å². The second-order valence-electron chi connectivity index (χ2n) is 1.57. The van der Waals surface area contributed by atoms with E-state index in [9.17, 15) is 0 Å². The highest BCUT2D eigenvalue weighted by Gasteiger charge is 1.92. The van der Waals surface area contributed by atoms with Gasteiger partial charge in [-0.2, -0.15) is 0 Å². The topological polar surface area (TPSA) is 77.8 Å². The number of hydrogen-bond acceptors (Lipinski definition) is 4. The number of nitrogen functional groups attached to an aromatic ring is 2. The van der Waals surface area contributed by atoms with Gasteiger partial charge in [-0.1, -0.05) is 0 Å². The molecule has 2 radical (unpaired) electrons. The van der Waals surface area contributed by atoms with E-state index >= 15 is 0 Å². The lowest BCUT2D eigenvalue weighted by atomic mass is 10.6. The van der Waals surface area contributed by atoms with Crippen molar-refractivity contribution in [3.63, 3.8) is 0 Å². The second kappa shape index (κ2) is 2.21. The molecule has 4 nitrogen and oxygen atoms in total. The fraction of sp³-hybridized carbons (Fsp3) is 0. The summed E-state index contributed by atoms with van der Waals surface area (Å²) >= 11 is 2.36. The zero-order chi connectivity index (χ0) is 6.85. The summed E-state index contributed by atoms with van der Waals surface area (Å²) in [5, 5.41) is 0. The number of aromatic nitrogens is 2. The van der Waals surface area contributed by atoms with Crippen molar-refractivity contribution in [2.45, 2.75) is 0 Å². The quantitative estimate of drug-likeness (QED) is 0.422. The number of rotatable bonds is 0. The molecular weight excluding hydrogens is 131 g/mol.